The first-order valence-electron chi connectivity index (χ1n) is 4.03. The predicted octanol–water partition coefficient (Wildman–Crippen LogP) is 1.31. The van der Waals surface area contributed by atoms with Crippen LogP contribution in [0.5, 0.6) is 0 Å². The lowest BCUT2D eigenvalue weighted by molar-refractivity contribution is 0.0916. The molecular formula is C8H18ClNO. The second-order valence-corrected chi connectivity index (χ2v) is 3.83. The first-order valence-corrected chi connectivity index (χ1v) is 4.03. The molecule has 0 aromatic heterocycles. The summed E-state index contributed by atoms with van der Waals surface area (Å²) in [6.45, 7) is 2.41. The SMILES string of the molecule is CC1(CO)CCCC(N)C1.Cl. The van der Waals surface area contributed by atoms with E-state index >= 15 is 0 Å². The highest BCUT2D eigenvalue weighted by atomic mass is 35.5. The Morgan fingerprint density at radius 3 is 2.64 bits per heavy atom. The van der Waals surface area contributed by atoms with Crippen molar-refractivity contribution in [3.63, 3.8) is 0 Å². The van der Waals surface area contributed by atoms with Crippen LogP contribution in [0.2, 0.25) is 0 Å². The van der Waals surface area contributed by atoms with Crippen LogP contribution in [0.1, 0.15) is 32.6 Å². The number of aliphatic hydroxyl groups is 1. The van der Waals surface area contributed by atoms with Crippen LogP contribution in [0.4, 0.5) is 0 Å². The lowest BCUT2D eigenvalue weighted by Gasteiger charge is -2.34. The molecule has 2 unspecified atom stereocenters. The van der Waals surface area contributed by atoms with Crippen molar-refractivity contribution in [3.8, 4) is 0 Å². The van der Waals surface area contributed by atoms with Crippen molar-refractivity contribution in [2.45, 2.75) is 38.6 Å². The Bertz CT molecular complexity index is 121. The quantitative estimate of drug-likeness (QED) is 0.638. The van der Waals surface area contributed by atoms with E-state index in [0.29, 0.717) is 12.6 Å². The van der Waals surface area contributed by atoms with E-state index < -0.39 is 0 Å². The molecule has 2 nitrogen and oxygen atoms in total. The lowest BCUT2D eigenvalue weighted by atomic mass is 9.74. The predicted molar refractivity (Wildman–Crippen MR) is 48.9 cm³/mol. The van der Waals surface area contributed by atoms with Crippen LogP contribution >= 0.6 is 12.4 Å². The monoisotopic (exact) mass is 179 g/mol. The fraction of sp³-hybridized carbons (Fsp3) is 1.00. The normalized spacial score (nSPS) is 37.9. The first kappa shape index (κ1) is 11.2. The van der Waals surface area contributed by atoms with Crippen molar-refractivity contribution in [2.24, 2.45) is 11.1 Å². The van der Waals surface area contributed by atoms with E-state index in [-0.39, 0.29) is 17.8 Å². The van der Waals surface area contributed by atoms with E-state index in [1.165, 1.54) is 6.42 Å². The first-order chi connectivity index (χ1) is 4.66. The van der Waals surface area contributed by atoms with Gasteiger partial charge < -0.3 is 10.8 Å². The van der Waals surface area contributed by atoms with Crippen molar-refractivity contribution >= 4 is 12.4 Å². The van der Waals surface area contributed by atoms with Crippen molar-refractivity contribution < 1.29 is 5.11 Å². The van der Waals surface area contributed by atoms with Crippen molar-refractivity contribution in [1.82, 2.24) is 0 Å². The van der Waals surface area contributed by atoms with Crippen molar-refractivity contribution in [3.05, 3.63) is 0 Å². The van der Waals surface area contributed by atoms with Gasteiger partial charge in [-0.2, -0.15) is 0 Å². The van der Waals surface area contributed by atoms with Gasteiger partial charge in [-0.05, 0) is 24.7 Å². The minimum atomic E-state index is 0. The molecule has 0 spiro atoms. The zero-order chi connectivity index (χ0) is 7.61. The van der Waals surface area contributed by atoms with Crippen molar-refractivity contribution in [2.75, 3.05) is 6.61 Å². The molecule has 1 saturated carbocycles. The smallest absolute Gasteiger partial charge is 0.0485 e. The van der Waals surface area contributed by atoms with Gasteiger partial charge in [-0.3, -0.25) is 0 Å². The van der Waals surface area contributed by atoms with Crippen LogP contribution in [0.25, 0.3) is 0 Å². The number of hydrogen-bond acceptors (Lipinski definition) is 2. The Morgan fingerprint density at radius 1 is 1.64 bits per heavy atom. The molecule has 1 rings (SSSR count). The zero-order valence-electron chi connectivity index (χ0n) is 7.05. The van der Waals surface area contributed by atoms with E-state index in [1.54, 1.807) is 0 Å². The summed E-state index contributed by atoms with van der Waals surface area (Å²) in [5.41, 5.74) is 5.90. The third-order valence-electron chi connectivity index (χ3n) is 2.49. The van der Waals surface area contributed by atoms with Gasteiger partial charge >= 0.3 is 0 Å². The molecule has 0 radical (unpaired) electrons. The summed E-state index contributed by atoms with van der Waals surface area (Å²) in [7, 11) is 0. The molecule has 3 heteroatoms. The van der Waals surface area contributed by atoms with E-state index in [9.17, 15) is 0 Å². The Kier molecular flexibility index (Phi) is 4.37. The number of nitrogens with two attached hydrogens (primary N) is 1. The summed E-state index contributed by atoms with van der Waals surface area (Å²) in [6, 6.07) is 0.325. The van der Waals surface area contributed by atoms with Crippen LogP contribution in [0.3, 0.4) is 0 Å². The molecule has 1 aliphatic carbocycles. The number of rotatable bonds is 1. The van der Waals surface area contributed by atoms with Crippen LogP contribution in [0.15, 0.2) is 0 Å². The Morgan fingerprint density at radius 2 is 2.27 bits per heavy atom. The minimum absolute atomic E-state index is 0. The van der Waals surface area contributed by atoms with Gasteiger partial charge in [-0.15, -0.1) is 12.4 Å². The molecule has 0 bridgehead atoms. The van der Waals surface area contributed by atoms with E-state index in [4.69, 9.17) is 10.8 Å². The van der Waals surface area contributed by atoms with Gasteiger partial charge in [0.1, 0.15) is 0 Å². The molecule has 0 aromatic carbocycles. The standard InChI is InChI=1S/C8H17NO.ClH/c1-8(6-10)4-2-3-7(9)5-8;/h7,10H,2-6,9H2,1H3;1H. The summed E-state index contributed by atoms with van der Waals surface area (Å²) in [4.78, 5) is 0. The van der Waals surface area contributed by atoms with Gasteiger partial charge in [0.15, 0.2) is 0 Å². The molecule has 1 aliphatic rings. The van der Waals surface area contributed by atoms with E-state index in [2.05, 4.69) is 6.92 Å². The van der Waals surface area contributed by atoms with Crippen LogP contribution in [-0.4, -0.2) is 17.8 Å². The lowest BCUT2D eigenvalue weighted by Crippen LogP contribution is -2.36. The topological polar surface area (TPSA) is 46.2 Å². The van der Waals surface area contributed by atoms with E-state index in [1.807, 2.05) is 0 Å². The fourth-order valence-corrected chi connectivity index (χ4v) is 1.77. The molecule has 1 fully saturated rings. The fourth-order valence-electron chi connectivity index (χ4n) is 1.77. The summed E-state index contributed by atoms with van der Waals surface area (Å²) in [5, 5.41) is 9.01. The van der Waals surface area contributed by atoms with E-state index in [0.717, 1.165) is 19.3 Å². The third kappa shape index (κ3) is 2.97. The molecule has 0 aromatic rings. The van der Waals surface area contributed by atoms with Gasteiger partial charge in [-0.25, -0.2) is 0 Å². The average molecular weight is 180 g/mol. The van der Waals surface area contributed by atoms with Gasteiger partial charge in [0.2, 0.25) is 0 Å². The summed E-state index contributed by atoms with van der Waals surface area (Å²) >= 11 is 0. The van der Waals surface area contributed by atoms with Crippen LogP contribution in [-0.2, 0) is 0 Å². The van der Waals surface area contributed by atoms with Gasteiger partial charge in [0.25, 0.3) is 0 Å². The molecule has 0 aliphatic heterocycles. The second-order valence-electron chi connectivity index (χ2n) is 3.83. The Labute approximate surface area is 74.6 Å². The Balaban J connectivity index is 0.000001000. The molecule has 68 valence electrons. The maximum Gasteiger partial charge on any atom is 0.0485 e. The zero-order valence-corrected chi connectivity index (χ0v) is 7.86. The molecule has 2 atom stereocenters. The average Bonchev–Trinajstić information content (AvgIpc) is 1.88. The number of aliphatic hydroxyl groups excluding tert-OH is 1. The molecule has 3 N–H and O–H groups in total. The third-order valence-corrected chi connectivity index (χ3v) is 2.49. The highest BCUT2D eigenvalue weighted by Crippen LogP contribution is 2.34. The van der Waals surface area contributed by atoms with Crippen molar-refractivity contribution in [1.29, 1.82) is 0 Å². The largest absolute Gasteiger partial charge is 0.396 e. The molecule has 0 heterocycles. The second kappa shape index (κ2) is 4.29. The number of hydrogen-bond donors (Lipinski definition) is 2. The van der Waals surface area contributed by atoms with Gasteiger partial charge in [0, 0.05) is 12.6 Å². The summed E-state index contributed by atoms with van der Waals surface area (Å²) in [5.74, 6) is 0. The number of halogens is 1. The maximum absolute atomic E-state index is 9.01. The Hall–Kier alpha value is 0.210. The van der Waals surface area contributed by atoms with Crippen LogP contribution in [0, 0.1) is 5.41 Å². The highest BCUT2D eigenvalue weighted by Gasteiger charge is 2.29. The molecular weight excluding hydrogens is 162 g/mol. The highest BCUT2D eigenvalue weighted by molar-refractivity contribution is 5.85. The van der Waals surface area contributed by atoms with Gasteiger partial charge in [-0.1, -0.05) is 13.3 Å². The maximum atomic E-state index is 9.01. The summed E-state index contributed by atoms with van der Waals surface area (Å²) < 4.78 is 0. The summed E-state index contributed by atoms with van der Waals surface area (Å²) in [6.07, 6.45) is 4.44. The molecule has 0 amide bonds. The minimum Gasteiger partial charge on any atom is -0.396 e. The molecule has 0 saturated heterocycles. The van der Waals surface area contributed by atoms with Gasteiger partial charge in [0.05, 0.1) is 0 Å². The molecule has 11 heavy (non-hydrogen) atoms. The van der Waals surface area contributed by atoms with Crippen LogP contribution < -0.4 is 5.73 Å².